The fourth-order valence-electron chi connectivity index (χ4n) is 1.29. The van der Waals surface area contributed by atoms with E-state index in [1.165, 1.54) is 17.5 Å². The molecule has 1 aromatic rings. The first kappa shape index (κ1) is 10.1. The number of nitrogens with zero attached hydrogens (tertiary/aromatic N) is 3. The number of hydrogen-bond donors (Lipinski definition) is 2. The third-order valence-corrected chi connectivity index (χ3v) is 2.24. The molecule has 6 heteroatoms. The molecule has 0 bridgehead atoms. The average Bonchev–Trinajstić information content (AvgIpc) is 2.91. The zero-order valence-electron chi connectivity index (χ0n) is 8.52. The molecule has 1 aromatic heterocycles. The van der Waals surface area contributed by atoms with Gasteiger partial charge in [-0.25, -0.2) is 4.68 Å². The van der Waals surface area contributed by atoms with Crippen molar-refractivity contribution in [2.24, 2.45) is 0 Å². The summed E-state index contributed by atoms with van der Waals surface area (Å²) in [6, 6.07) is 0.692. The van der Waals surface area contributed by atoms with Gasteiger partial charge in [-0.1, -0.05) is 5.21 Å². The van der Waals surface area contributed by atoms with E-state index in [-0.39, 0.29) is 12.5 Å². The second-order valence-electron chi connectivity index (χ2n) is 3.68. The fraction of sp³-hybridized carbons (Fsp3) is 0.667. The van der Waals surface area contributed by atoms with Crippen LogP contribution >= 0.6 is 0 Å². The van der Waals surface area contributed by atoms with Gasteiger partial charge in [-0.2, -0.15) is 0 Å². The second kappa shape index (κ2) is 4.88. The summed E-state index contributed by atoms with van der Waals surface area (Å²) in [4.78, 5) is 11.3. The van der Waals surface area contributed by atoms with Crippen LogP contribution in [0.25, 0.3) is 0 Å². The number of carbonyl (C=O) groups excluding carboxylic acids is 1. The zero-order chi connectivity index (χ0) is 10.5. The summed E-state index contributed by atoms with van der Waals surface area (Å²) in [5.74, 6) is -0.0295. The van der Waals surface area contributed by atoms with Gasteiger partial charge in [0.05, 0.1) is 6.20 Å². The van der Waals surface area contributed by atoms with Crippen molar-refractivity contribution in [1.29, 1.82) is 0 Å². The molecule has 1 amide bonds. The van der Waals surface area contributed by atoms with Crippen molar-refractivity contribution in [2.75, 3.05) is 13.1 Å². The molecule has 1 aliphatic rings. The maximum Gasteiger partial charge on any atom is 0.241 e. The predicted octanol–water partition coefficient (Wildman–Crippen LogP) is -0.854. The lowest BCUT2D eigenvalue weighted by Gasteiger charge is -2.05. The summed E-state index contributed by atoms with van der Waals surface area (Å²) in [5.41, 5.74) is 0. The summed E-state index contributed by atoms with van der Waals surface area (Å²) >= 11 is 0. The molecule has 0 radical (unpaired) electrons. The molecule has 1 saturated carbocycles. The fourth-order valence-corrected chi connectivity index (χ4v) is 1.29. The number of amides is 1. The molecule has 0 unspecified atom stereocenters. The van der Waals surface area contributed by atoms with Crippen LogP contribution in [0.15, 0.2) is 12.4 Å². The van der Waals surface area contributed by atoms with E-state index in [4.69, 9.17) is 0 Å². The summed E-state index contributed by atoms with van der Waals surface area (Å²) < 4.78 is 1.50. The average molecular weight is 209 g/mol. The molecule has 0 aliphatic heterocycles. The van der Waals surface area contributed by atoms with Crippen LogP contribution in [0.5, 0.6) is 0 Å². The predicted molar refractivity (Wildman–Crippen MR) is 54.1 cm³/mol. The van der Waals surface area contributed by atoms with Crippen molar-refractivity contribution in [2.45, 2.75) is 25.4 Å². The van der Waals surface area contributed by atoms with E-state index in [1.54, 1.807) is 12.4 Å². The first-order chi connectivity index (χ1) is 7.34. The molecule has 15 heavy (non-hydrogen) atoms. The molecule has 0 saturated heterocycles. The molecule has 6 nitrogen and oxygen atoms in total. The van der Waals surface area contributed by atoms with Crippen molar-refractivity contribution in [3.05, 3.63) is 12.4 Å². The van der Waals surface area contributed by atoms with Crippen molar-refractivity contribution in [1.82, 2.24) is 25.6 Å². The van der Waals surface area contributed by atoms with Crippen molar-refractivity contribution in [3.63, 3.8) is 0 Å². The molecule has 0 aromatic carbocycles. The molecular weight excluding hydrogens is 194 g/mol. The summed E-state index contributed by atoms with van der Waals surface area (Å²) in [6.45, 7) is 1.75. The molecule has 0 atom stereocenters. The van der Waals surface area contributed by atoms with Gasteiger partial charge in [0.15, 0.2) is 0 Å². The topological polar surface area (TPSA) is 71.8 Å². The van der Waals surface area contributed by atoms with E-state index in [0.717, 1.165) is 6.54 Å². The first-order valence-corrected chi connectivity index (χ1v) is 5.19. The third-order valence-electron chi connectivity index (χ3n) is 2.24. The molecule has 82 valence electrons. The van der Waals surface area contributed by atoms with Crippen LogP contribution in [0.4, 0.5) is 0 Å². The minimum atomic E-state index is -0.0295. The number of hydrogen-bond acceptors (Lipinski definition) is 4. The van der Waals surface area contributed by atoms with Crippen LogP contribution in [0, 0.1) is 0 Å². The molecule has 0 spiro atoms. The van der Waals surface area contributed by atoms with Gasteiger partial charge in [-0.15, -0.1) is 5.10 Å². The van der Waals surface area contributed by atoms with E-state index in [2.05, 4.69) is 20.9 Å². The van der Waals surface area contributed by atoms with Crippen LogP contribution in [-0.4, -0.2) is 40.0 Å². The Bertz CT molecular complexity index is 306. The first-order valence-electron chi connectivity index (χ1n) is 5.19. The standard InChI is InChI=1S/C9H15N5O/c15-9(7-14-6-5-12-13-14)11-4-3-10-8-1-2-8/h5-6,8,10H,1-4,7H2,(H,11,15). The quantitative estimate of drug-likeness (QED) is 0.598. The van der Waals surface area contributed by atoms with Crippen LogP contribution in [-0.2, 0) is 11.3 Å². The monoisotopic (exact) mass is 209 g/mol. The minimum absolute atomic E-state index is 0.0295. The maximum atomic E-state index is 11.3. The molecule has 1 fully saturated rings. The van der Waals surface area contributed by atoms with Gasteiger partial charge in [-0.3, -0.25) is 4.79 Å². The van der Waals surface area contributed by atoms with Gasteiger partial charge in [0.2, 0.25) is 5.91 Å². The highest BCUT2D eigenvalue weighted by molar-refractivity contribution is 5.75. The Morgan fingerprint density at radius 2 is 2.33 bits per heavy atom. The van der Waals surface area contributed by atoms with Gasteiger partial charge >= 0.3 is 0 Å². The highest BCUT2D eigenvalue weighted by atomic mass is 16.2. The molecule has 2 rings (SSSR count). The number of carbonyl (C=O) groups is 1. The van der Waals surface area contributed by atoms with Crippen LogP contribution in [0.2, 0.25) is 0 Å². The van der Waals surface area contributed by atoms with Gasteiger partial charge in [0.1, 0.15) is 6.54 Å². The van der Waals surface area contributed by atoms with Gasteiger partial charge in [-0.05, 0) is 12.8 Å². The lowest BCUT2D eigenvalue weighted by Crippen LogP contribution is -2.34. The van der Waals surface area contributed by atoms with E-state index >= 15 is 0 Å². The summed E-state index contributed by atoms with van der Waals surface area (Å²) in [7, 11) is 0. The molecular formula is C9H15N5O. The van der Waals surface area contributed by atoms with E-state index in [9.17, 15) is 4.79 Å². The Hall–Kier alpha value is -1.43. The Labute approximate surface area is 88.0 Å². The normalized spacial score (nSPS) is 15.2. The number of aromatic nitrogens is 3. The van der Waals surface area contributed by atoms with E-state index in [1.807, 2.05) is 0 Å². The van der Waals surface area contributed by atoms with Gasteiger partial charge < -0.3 is 10.6 Å². The lowest BCUT2D eigenvalue weighted by molar-refractivity contribution is -0.121. The number of rotatable bonds is 6. The summed E-state index contributed by atoms with van der Waals surface area (Å²) in [5, 5.41) is 13.5. The van der Waals surface area contributed by atoms with E-state index < -0.39 is 0 Å². The Morgan fingerprint density at radius 3 is 3.00 bits per heavy atom. The lowest BCUT2D eigenvalue weighted by atomic mass is 10.5. The SMILES string of the molecule is O=C(Cn1ccnn1)NCCNC1CC1. The molecule has 1 aliphatic carbocycles. The van der Waals surface area contributed by atoms with E-state index in [0.29, 0.717) is 12.6 Å². The molecule has 2 N–H and O–H groups in total. The van der Waals surface area contributed by atoms with Crippen LogP contribution in [0.3, 0.4) is 0 Å². The highest BCUT2D eigenvalue weighted by Gasteiger charge is 2.19. The van der Waals surface area contributed by atoms with Crippen molar-refractivity contribution < 1.29 is 4.79 Å². The van der Waals surface area contributed by atoms with Crippen molar-refractivity contribution in [3.8, 4) is 0 Å². The Balaban J connectivity index is 1.55. The molecule has 1 heterocycles. The second-order valence-corrected chi connectivity index (χ2v) is 3.68. The largest absolute Gasteiger partial charge is 0.353 e. The Morgan fingerprint density at radius 1 is 1.47 bits per heavy atom. The highest BCUT2D eigenvalue weighted by Crippen LogP contribution is 2.17. The van der Waals surface area contributed by atoms with Crippen LogP contribution in [0.1, 0.15) is 12.8 Å². The minimum Gasteiger partial charge on any atom is -0.353 e. The summed E-state index contributed by atoms with van der Waals surface area (Å²) in [6.07, 6.45) is 5.77. The Kier molecular flexibility index (Phi) is 3.29. The smallest absolute Gasteiger partial charge is 0.241 e. The zero-order valence-corrected chi connectivity index (χ0v) is 8.52. The van der Waals surface area contributed by atoms with Gasteiger partial charge in [0, 0.05) is 25.3 Å². The number of nitrogens with one attached hydrogen (secondary N) is 2. The maximum absolute atomic E-state index is 11.3. The van der Waals surface area contributed by atoms with Crippen molar-refractivity contribution >= 4 is 5.91 Å². The third kappa shape index (κ3) is 3.67. The van der Waals surface area contributed by atoms with Gasteiger partial charge in [0.25, 0.3) is 0 Å². The van der Waals surface area contributed by atoms with Crippen LogP contribution < -0.4 is 10.6 Å².